The summed E-state index contributed by atoms with van der Waals surface area (Å²) in [5.74, 6) is 2.29. The molecule has 1 aromatic heterocycles. The average Bonchev–Trinajstić information content (AvgIpc) is 3.09. The minimum atomic E-state index is -0.0418. The van der Waals surface area contributed by atoms with Crippen molar-refractivity contribution in [3.63, 3.8) is 0 Å². The van der Waals surface area contributed by atoms with Crippen LogP contribution in [-0.2, 0) is 18.4 Å². The second-order valence-corrected chi connectivity index (χ2v) is 7.80. The number of hydrogen-bond donors (Lipinski definition) is 2. The Kier molecular flexibility index (Phi) is 7.28. The molecular formula is C21H33N5O. The van der Waals surface area contributed by atoms with E-state index in [0.29, 0.717) is 12.4 Å². The Hall–Kier alpha value is -2.50. The zero-order chi connectivity index (χ0) is 19.9. The largest absolute Gasteiger partial charge is 0.443 e. The normalized spacial score (nSPS) is 12.1. The smallest absolute Gasteiger partial charge is 0.216 e. The highest BCUT2D eigenvalue weighted by Crippen LogP contribution is 2.22. The molecular weight excluding hydrogens is 338 g/mol. The molecule has 0 atom stereocenters. The number of nitrogens with one attached hydrogen (secondary N) is 2. The van der Waals surface area contributed by atoms with Gasteiger partial charge >= 0.3 is 0 Å². The van der Waals surface area contributed by atoms with E-state index in [1.54, 1.807) is 6.20 Å². The second kappa shape index (κ2) is 9.44. The van der Waals surface area contributed by atoms with Crippen molar-refractivity contribution in [2.45, 2.75) is 46.1 Å². The van der Waals surface area contributed by atoms with Crippen LogP contribution in [0.3, 0.4) is 0 Å². The molecule has 148 valence electrons. The summed E-state index contributed by atoms with van der Waals surface area (Å²) in [5, 5.41) is 6.64. The molecule has 2 rings (SSSR count). The summed E-state index contributed by atoms with van der Waals surface area (Å²) in [4.78, 5) is 11.0. The number of anilines is 1. The van der Waals surface area contributed by atoms with E-state index in [0.717, 1.165) is 31.2 Å². The zero-order valence-corrected chi connectivity index (χ0v) is 17.5. The van der Waals surface area contributed by atoms with Crippen molar-refractivity contribution in [3.05, 3.63) is 47.7 Å². The molecule has 1 heterocycles. The first kappa shape index (κ1) is 20.8. The lowest BCUT2D eigenvalue weighted by Crippen LogP contribution is -2.38. The predicted molar refractivity (Wildman–Crippen MR) is 112 cm³/mol. The fraction of sp³-hybridized carbons (Fsp3) is 0.524. The van der Waals surface area contributed by atoms with Gasteiger partial charge < -0.3 is 20.0 Å². The van der Waals surface area contributed by atoms with Crippen molar-refractivity contribution in [3.8, 4) is 0 Å². The maximum absolute atomic E-state index is 5.80. The van der Waals surface area contributed by atoms with E-state index in [4.69, 9.17) is 4.42 Å². The minimum absolute atomic E-state index is 0.0418. The molecule has 0 bridgehead atoms. The summed E-state index contributed by atoms with van der Waals surface area (Å²) in [5.41, 5.74) is 2.47. The standard InChI is InChI=1S/C21H33N5O/c1-7-22-20(25-15-19-24-14-18(27-19)21(2,3)4)23-13-12-16-8-10-17(11-9-16)26(5)6/h8-11,14H,7,12-13,15H2,1-6H3,(H2,22,23,25). The number of hydrogen-bond acceptors (Lipinski definition) is 4. The van der Waals surface area contributed by atoms with Crippen molar-refractivity contribution >= 4 is 11.6 Å². The van der Waals surface area contributed by atoms with Gasteiger partial charge in [-0.15, -0.1) is 0 Å². The lowest BCUT2D eigenvalue weighted by atomic mass is 9.94. The lowest BCUT2D eigenvalue weighted by Gasteiger charge is -2.14. The third-order valence-corrected chi connectivity index (χ3v) is 4.17. The number of oxazole rings is 1. The van der Waals surface area contributed by atoms with Crippen molar-refractivity contribution in [1.29, 1.82) is 0 Å². The molecule has 0 aliphatic rings. The van der Waals surface area contributed by atoms with E-state index in [1.165, 1.54) is 11.3 Å². The molecule has 0 saturated heterocycles. The molecule has 0 spiro atoms. The quantitative estimate of drug-likeness (QED) is 0.577. The maximum atomic E-state index is 5.80. The van der Waals surface area contributed by atoms with E-state index >= 15 is 0 Å². The number of aliphatic imine (C=N–C) groups is 1. The van der Waals surface area contributed by atoms with Gasteiger partial charge in [0.05, 0.1) is 6.20 Å². The molecule has 6 heteroatoms. The average molecular weight is 372 g/mol. The van der Waals surface area contributed by atoms with Gasteiger partial charge in [-0.3, -0.25) is 0 Å². The molecule has 0 aliphatic heterocycles. The fourth-order valence-corrected chi connectivity index (χ4v) is 2.50. The van der Waals surface area contributed by atoms with E-state index in [9.17, 15) is 0 Å². The third-order valence-electron chi connectivity index (χ3n) is 4.17. The number of guanidine groups is 1. The van der Waals surface area contributed by atoms with E-state index < -0.39 is 0 Å². The Labute approximate surface area is 163 Å². The lowest BCUT2D eigenvalue weighted by molar-refractivity contribution is 0.383. The van der Waals surface area contributed by atoms with Gasteiger partial charge in [0.25, 0.3) is 0 Å². The number of nitrogens with zero attached hydrogens (tertiary/aromatic N) is 3. The summed E-state index contributed by atoms with van der Waals surface area (Å²) in [6.07, 6.45) is 2.73. The van der Waals surface area contributed by atoms with Gasteiger partial charge in [0, 0.05) is 38.3 Å². The Morgan fingerprint density at radius 1 is 1.15 bits per heavy atom. The van der Waals surface area contributed by atoms with Crippen LogP contribution >= 0.6 is 0 Å². The van der Waals surface area contributed by atoms with Crippen LogP contribution in [0.2, 0.25) is 0 Å². The van der Waals surface area contributed by atoms with Crippen molar-refractivity contribution in [2.75, 3.05) is 32.1 Å². The van der Waals surface area contributed by atoms with Crippen LogP contribution in [0.5, 0.6) is 0 Å². The molecule has 0 fully saturated rings. The summed E-state index contributed by atoms with van der Waals surface area (Å²) < 4.78 is 5.80. The Morgan fingerprint density at radius 3 is 2.41 bits per heavy atom. The molecule has 2 N–H and O–H groups in total. The first-order valence-electron chi connectivity index (χ1n) is 9.53. The molecule has 0 saturated carbocycles. The van der Waals surface area contributed by atoms with Crippen LogP contribution < -0.4 is 15.5 Å². The van der Waals surface area contributed by atoms with Crippen molar-refractivity contribution in [1.82, 2.24) is 15.6 Å². The van der Waals surface area contributed by atoms with Crippen molar-refractivity contribution < 1.29 is 4.42 Å². The third kappa shape index (κ3) is 6.62. The van der Waals surface area contributed by atoms with Crippen LogP contribution in [0, 0.1) is 0 Å². The topological polar surface area (TPSA) is 65.7 Å². The second-order valence-electron chi connectivity index (χ2n) is 7.80. The summed E-state index contributed by atoms with van der Waals surface area (Å²) in [6, 6.07) is 8.62. The molecule has 0 amide bonds. The Balaban J connectivity index is 1.88. The number of benzene rings is 1. The molecule has 0 unspecified atom stereocenters. The minimum Gasteiger partial charge on any atom is -0.443 e. The van der Waals surface area contributed by atoms with E-state index in [2.05, 4.69) is 77.5 Å². The van der Waals surface area contributed by atoms with Crippen LogP contribution in [-0.4, -0.2) is 38.1 Å². The zero-order valence-electron chi connectivity index (χ0n) is 17.5. The number of rotatable bonds is 7. The Bertz CT molecular complexity index is 726. The molecule has 1 aromatic carbocycles. The van der Waals surface area contributed by atoms with Crippen LogP contribution in [0.15, 0.2) is 39.9 Å². The monoisotopic (exact) mass is 371 g/mol. The summed E-state index contributed by atoms with van der Waals surface area (Å²) in [7, 11) is 4.10. The number of aromatic nitrogens is 1. The summed E-state index contributed by atoms with van der Waals surface area (Å²) >= 11 is 0. The van der Waals surface area contributed by atoms with Gasteiger partial charge in [0.1, 0.15) is 12.3 Å². The molecule has 0 radical (unpaired) electrons. The first-order valence-corrected chi connectivity index (χ1v) is 9.53. The summed E-state index contributed by atoms with van der Waals surface area (Å²) in [6.45, 7) is 10.4. The van der Waals surface area contributed by atoms with Gasteiger partial charge in [-0.1, -0.05) is 32.9 Å². The van der Waals surface area contributed by atoms with Gasteiger partial charge in [0.2, 0.25) is 5.89 Å². The maximum Gasteiger partial charge on any atom is 0.216 e. The van der Waals surface area contributed by atoms with Crippen molar-refractivity contribution in [2.24, 2.45) is 4.99 Å². The fourth-order valence-electron chi connectivity index (χ4n) is 2.50. The first-order chi connectivity index (χ1) is 12.8. The SMILES string of the molecule is CCNC(=NCc1ncc(C(C)(C)C)o1)NCCc1ccc(N(C)C)cc1. The van der Waals surface area contributed by atoms with Crippen LogP contribution in [0.4, 0.5) is 5.69 Å². The molecule has 0 aliphatic carbocycles. The highest BCUT2D eigenvalue weighted by Gasteiger charge is 2.18. The van der Waals surface area contributed by atoms with Gasteiger partial charge in [-0.2, -0.15) is 0 Å². The molecule has 2 aromatic rings. The molecule has 6 nitrogen and oxygen atoms in total. The predicted octanol–water partition coefficient (Wildman–Crippen LogP) is 3.34. The van der Waals surface area contributed by atoms with Crippen LogP contribution in [0.25, 0.3) is 0 Å². The molecule has 27 heavy (non-hydrogen) atoms. The van der Waals surface area contributed by atoms with E-state index in [1.807, 2.05) is 14.1 Å². The Morgan fingerprint density at radius 2 is 1.85 bits per heavy atom. The highest BCUT2D eigenvalue weighted by atomic mass is 16.4. The highest BCUT2D eigenvalue weighted by molar-refractivity contribution is 5.79. The van der Waals surface area contributed by atoms with E-state index in [-0.39, 0.29) is 5.41 Å². The van der Waals surface area contributed by atoms with Gasteiger partial charge in [-0.25, -0.2) is 9.98 Å². The van der Waals surface area contributed by atoms with Gasteiger partial charge in [-0.05, 0) is 31.0 Å². The van der Waals surface area contributed by atoms with Gasteiger partial charge in [0.15, 0.2) is 5.96 Å². The van der Waals surface area contributed by atoms with Crippen LogP contribution in [0.1, 0.15) is 44.9 Å².